The number of nitrogens with two attached hydrogens (primary N) is 1. The van der Waals surface area contributed by atoms with E-state index in [9.17, 15) is 4.79 Å². The van der Waals surface area contributed by atoms with Crippen molar-refractivity contribution in [3.05, 3.63) is 46.1 Å². The molecule has 0 unspecified atom stereocenters. The van der Waals surface area contributed by atoms with Crippen LogP contribution in [-0.2, 0) is 6.54 Å². The molecule has 0 aliphatic carbocycles. The van der Waals surface area contributed by atoms with Gasteiger partial charge in [0.25, 0.3) is 0 Å². The van der Waals surface area contributed by atoms with Crippen molar-refractivity contribution in [2.24, 2.45) is 5.73 Å². The van der Waals surface area contributed by atoms with Gasteiger partial charge in [0.1, 0.15) is 0 Å². The molecule has 2 aromatic rings. The van der Waals surface area contributed by atoms with Crippen LogP contribution < -0.4 is 11.4 Å². The van der Waals surface area contributed by atoms with Gasteiger partial charge in [-0.15, -0.1) is 0 Å². The number of benzene rings is 1. The zero-order chi connectivity index (χ0) is 10.8. The highest BCUT2D eigenvalue weighted by Crippen LogP contribution is 2.08. The molecule has 1 aromatic heterocycles. The Bertz CT molecular complexity index is 526. The van der Waals surface area contributed by atoms with Crippen molar-refractivity contribution in [1.29, 1.82) is 0 Å². The second kappa shape index (κ2) is 3.70. The van der Waals surface area contributed by atoms with Gasteiger partial charge in [-0.25, -0.2) is 14.5 Å². The number of hydrogen-bond acceptors (Lipinski definition) is 3. The Morgan fingerprint density at radius 3 is 3.00 bits per heavy atom. The molecule has 1 heterocycles. The van der Waals surface area contributed by atoms with Gasteiger partial charge < -0.3 is 5.73 Å². The molecule has 15 heavy (non-hydrogen) atoms. The van der Waals surface area contributed by atoms with Crippen LogP contribution in [0.5, 0.6) is 0 Å². The summed E-state index contributed by atoms with van der Waals surface area (Å²) in [5.74, 6) is 0.533. The van der Waals surface area contributed by atoms with Crippen LogP contribution >= 0.6 is 0 Å². The number of hydrogen-bond donors (Lipinski definition) is 2. The van der Waals surface area contributed by atoms with Gasteiger partial charge in [0, 0.05) is 0 Å². The number of nitrogens with one attached hydrogen (secondary N) is 1. The summed E-state index contributed by atoms with van der Waals surface area (Å²) in [6.45, 7) is 2.20. The molecule has 0 saturated heterocycles. The maximum Gasteiger partial charge on any atom is 0.347 e. The first-order valence-corrected chi connectivity index (χ1v) is 4.66. The number of aromatic nitrogens is 3. The topological polar surface area (TPSA) is 76.7 Å². The lowest BCUT2D eigenvalue weighted by atomic mass is 10.2. The van der Waals surface area contributed by atoms with E-state index in [0.29, 0.717) is 5.82 Å². The number of nitrogens with zero attached hydrogens (tertiary/aromatic N) is 2. The molecule has 0 fully saturated rings. The highest BCUT2D eigenvalue weighted by Gasteiger charge is 2.07. The third-order valence-corrected chi connectivity index (χ3v) is 2.18. The molecular weight excluding hydrogens is 192 g/mol. The summed E-state index contributed by atoms with van der Waals surface area (Å²) in [4.78, 5) is 11.5. The molecule has 1 aromatic carbocycles. The van der Waals surface area contributed by atoms with Crippen molar-refractivity contribution in [2.75, 3.05) is 0 Å². The molecule has 0 bridgehead atoms. The Kier molecular flexibility index (Phi) is 2.39. The van der Waals surface area contributed by atoms with Crippen molar-refractivity contribution in [3.8, 4) is 5.69 Å². The Hall–Kier alpha value is -1.88. The van der Waals surface area contributed by atoms with Crippen LogP contribution in [0, 0.1) is 6.92 Å². The molecular formula is C10H12N4O. The minimum Gasteiger partial charge on any atom is -0.324 e. The predicted molar refractivity (Wildman–Crippen MR) is 56.8 cm³/mol. The van der Waals surface area contributed by atoms with Gasteiger partial charge in [-0.1, -0.05) is 12.1 Å². The van der Waals surface area contributed by atoms with Crippen LogP contribution in [0.25, 0.3) is 5.69 Å². The SMILES string of the molecule is Cc1cccc(-n2c(CN)n[nH]c2=O)c1. The first-order chi connectivity index (χ1) is 7.22. The van der Waals surface area contributed by atoms with Gasteiger partial charge in [0.2, 0.25) is 0 Å². The Balaban J connectivity index is 2.62. The van der Waals surface area contributed by atoms with E-state index < -0.39 is 0 Å². The lowest BCUT2D eigenvalue weighted by Crippen LogP contribution is -2.18. The molecule has 0 atom stereocenters. The van der Waals surface area contributed by atoms with Crippen LogP contribution in [0.15, 0.2) is 29.1 Å². The van der Waals surface area contributed by atoms with Gasteiger partial charge >= 0.3 is 5.69 Å². The Morgan fingerprint density at radius 2 is 2.33 bits per heavy atom. The van der Waals surface area contributed by atoms with E-state index in [0.717, 1.165) is 11.3 Å². The molecule has 0 radical (unpaired) electrons. The van der Waals surface area contributed by atoms with E-state index in [1.54, 1.807) is 0 Å². The normalized spacial score (nSPS) is 10.5. The van der Waals surface area contributed by atoms with Crippen molar-refractivity contribution >= 4 is 0 Å². The summed E-state index contributed by atoms with van der Waals surface area (Å²) in [6.07, 6.45) is 0. The van der Waals surface area contributed by atoms with E-state index in [1.807, 2.05) is 31.2 Å². The fourth-order valence-electron chi connectivity index (χ4n) is 1.50. The second-order valence-corrected chi connectivity index (χ2v) is 3.32. The van der Waals surface area contributed by atoms with E-state index in [4.69, 9.17) is 5.73 Å². The highest BCUT2D eigenvalue weighted by atomic mass is 16.1. The smallest absolute Gasteiger partial charge is 0.324 e. The van der Waals surface area contributed by atoms with Gasteiger partial charge in [-0.05, 0) is 24.6 Å². The summed E-state index contributed by atoms with van der Waals surface area (Å²) in [5, 5.41) is 6.22. The molecule has 0 aliphatic heterocycles. The number of rotatable bonds is 2. The standard InChI is InChI=1S/C10H12N4O/c1-7-3-2-4-8(5-7)14-9(6-11)12-13-10(14)15/h2-5H,6,11H2,1H3,(H,13,15). The van der Waals surface area contributed by atoms with Crippen molar-refractivity contribution in [1.82, 2.24) is 14.8 Å². The zero-order valence-electron chi connectivity index (χ0n) is 8.40. The molecule has 0 aliphatic rings. The zero-order valence-corrected chi connectivity index (χ0v) is 8.40. The fraction of sp³-hybridized carbons (Fsp3) is 0.200. The van der Waals surface area contributed by atoms with Crippen LogP contribution in [0.3, 0.4) is 0 Å². The average molecular weight is 204 g/mol. The largest absolute Gasteiger partial charge is 0.347 e. The first kappa shape index (κ1) is 9.67. The third kappa shape index (κ3) is 1.69. The van der Waals surface area contributed by atoms with E-state index in [2.05, 4.69) is 10.2 Å². The van der Waals surface area contributed by atoms with Crippen LogP contribution in [0.4, 0.5) is 0 Å². The molecule has 0 amide bonds. The van der Waals surface area contributed by atoms with Crippen molar-refractivity contribution in [2.45, 2.75) is 13.5 Å². The van der Waals surface area contributed by atoms with Crippen molar-refractivity contribution in [3.63, 3.8) is 0 Å². The summed E-state index contributed by atoms with van der Waals surface area (Å²) in [5.41, 5.74) is 7.11. The average Bonchev–Trinajstić information content (AvgIpc) is 2.59. The third-order valence-electron chi connectivity index (χ3n) is 2.18. The maximum absolute atomic E-state index is 11.5. The Morgan fingerprint density at radius 1 is 1.53 bits per heavy atom. The lowest BCUT2D eigenvalue weighted by molar-refractivity contribution is 0.851. The quantitative estimate of drug-likeness (QED) is 0.740. The number of aromatic amines is 1. The minimum absolute atomic E-state index is 0.229. The van der Waals surface area contributed by atoms with Crippen molar-refractivity contribution < 1.29 is 0 Å². The van der Waals surface area contributed by atoms with E-state index in [-0.39, 0.29) is 12.2 Å². The highest BCUT2D eigenvalue weighted by molar-refractivity contribution is 5.35. The Labute approximate surface area is 86.5 Å². The molecule has 5 nitrogen and oxygen atoms in total. The van der Waals surface area contributed by atoms with E-state index >= 15 is 0 Å². The summed E-state index contributed by atoms with van der Waals surface area (Å²) in [7, 11) is 0. The van der Waals surface area contributed by atoms with Gasteiger partial charge in [0.15, 0.2) is 5.82 Å². The summed E-state index contributed by atoms with van der Waals surface area (Å²) >= 11 is 0. The molecule has 3 N–H and O–H groups in total. The maximum atomic E-state index is 11.5. The summed E-state index contributed by atoms with van der Waals surface area (Å²) < 4.78 is 1.48. The molecule has 0 spiro atoms. The number of aryl methyl sites for hydroxylation is 1. The van der Waals surface area contributed by atoms with Crippen LogP contribution in [-0.4, -0.2) is 14.8 Å². The first-order valence-electron chi connectivity index (χ1n) is 4.66. The molecule has 5 heteroatoms. The second-order valence-electron chi connectivity index (χ2n) is 3.32. The fourth-order valence-corrected chi connectivity index (χ4v) is 1.50. The summed E-state index contributed by atoms with van der Waals surface area (Å²) in [6, 6.07) is 7.63. The minimum atomic E-state index is -0.263. The van der Waals surface area contributed by atoms with Gasteiger partial charge in [-0.3, -0.25) is 0 Å². The van der Waals surface area contributed by atoms with Gasteiger partial charge in [0.05, 0.1) is 12.2 Å². The number of H-pyrrole nitrogens is 1. The van der Waals surface area contributed by atoms with E-state index in [1.165, 1.54) is 4.57 Å². The van der Waals surface area contributed by atoms with Crippen LogP contribution in [0.1, 0.15) is 11.4 Å². The molecule has 78 valence electrons. The van der Waals surface area contributed by atoms with Crippen LogP contribution in [0.2, 0.25) is 0 Å². The predicted octanol–water partition coefficient (Wildman–Crippen LogP) is 0.328. The molecule has 0 saturated carbocycles. The molecule has 2 rings (SSSR count). The monoisotopic (exact) mass is 204 g/mol. The lowest BCUT2D eigenvalue weighted by Gasteiger charge is -2.04. The van der Waals surface area contributed by atoms with Gasteiger partial charge in [-0.2, -0.15) is 5.10 Å².